The van der Waals surface area contributed by atoms with Crippen molar-refractivity contribution in [2.45, 2.75) is 46.3 Å². The first-order valence-corrected chi connectivity index (χ1v) is 6.00. The molecule has 106 valence electrons. The normalized spacial score (nSPS) is 10.8. The summed E-state index contributed by atoms with van der Waals surface area (Å²) in [6.45, 7) is 9.69. The van der Waals surface area contributed by atoms with Crippen LogP contribution in [0, 0.1) is 0 Å². The molecule has 0 saturated heterocycles. The molecular formula is C13H20N2O4. The molecule has 2 aromatic heterocycles. The van der Waals surface area contributed by atoms with Gasteiger partial charge in [0, 0.05) is 0 Å². The van der Waals surface area contributed by atoms with E-state index in [2.05, 4.69) is 9.97 Å². The van der Waals surface area contributed by atoms with Crippen molar-refractivity contribution in [2.24, 2.45) is 0 Å². The van der Waals surface area contributed by atoms with Gasteiger partial charge in [0.05, 0.1) is 12.3 Å². The van der Waals surface area contributed by atoms with E-state index in [9.17, 15) is 0 Å². The van der Waals surface area contributed by atoms with E-state index in [4.69, 9.17) is 18.3 Å². The number of aromatic nitrogens is 2. The molecule has 0 fully saturated rings. The van der Waals surface area contributed by atoms with Crippen LogP contribution < -0.4 is 9.47 Å². The van der Waals surface area contributed by atoms with Crippen LogP contribution in [0.25, 0.3) is 0 Å². The van der Waals surface area contributed by atoms with Gasteiger partial charge in [-0.2, -0.15) is 4.98 Å². The van der Waals surface area contributed by atoms with Gasteiger partial charge in [0.2, 0.25) is 0 Å². The zero-order valence-electron chi connectivity index (χ0n) is 11.9. The SMILES string of the molecule is CC(C)(C)Oc1ncco1.CC(C)Oc1cnco1. The Morgan fingerprint density at radius 2 is 1.95 bits per heavy atom. The highest BCUT2D eigenvalue weighted by Gasteiger charge is 2.13. The maximum absolute atomic E-state index is 5.26. The van der Waals surface area contributed by atoms with E-state index in [1.807, 2.05) is 34.6 Å². The maximum Gasteiger partial charge on any atom is 0.393 e. The quantitative estimate of drug-likeness (QED) is 0.850. The van der Waals surface area contributed by atoms with Gasteiger partial charge in [0.1, 0.15) is 18.1 Å². The van der Waals surface area contributed by atoms with Crippen molar-refractivity contribution in [3.05, 3.63) is 25.1 Å². The third kappa shape index (κ3) is 7.13. The lowest BCUT2D eigenvalue weighted by molar-refractivity contribution is 0.0874. The molecule has 0 spiro atoms. The summed E-state index contributed by atoms with van der Waals surface area (Å²) < 4.78 is 20.1. The van der Waals surface area contributed by atoms with Gasteiger partial charge < -0.3 is 18.3 Å². The Kier molecular flexibility index (Phi) is 5.41. The summed E-state index contributed by atoms with van der Waals surface area (Å²) >= 11 is 0. The number of hydrogen-bond acceptors (Lipinski definition) is 6. The molecule has 0 aliphatic carbocycles. The van der Waals surface area contributed by atoms with Crippen molar-refractivity contribution >= 4 is 0 Å². The summed E-state index contributed by atoms with van der Waals surface area (Å²) in [6, 6.07) is 0. The number of ether oxygens (including phenoxy) is 2. The molecule has 0 N–H and O–H groups in total. The number of oxazole rings is 2. The first kappa shape index (κ1) is 15.1. The van der Waals surface area contributed by atoms with E-state index in [0.717, 1.165) is 0 Å². The van der Waals surface area contributed by atoms with Crippen LogP contribution in [-0.4, -0.2) is 21.7 Å². The average Bonchev–Trinajstić information content (AvgIpc) is 2.88. The molecule has 0 bridgehead atoms. The van der Waals surface area contributed by atoms with Gasteiger partial charge in [-0.15, -0.1) is 0 Å². The minimum Gasteiger partial charge on any atom is -0.461 e. The molecule has 0 aliphatic rings. The van der Waals surface area contributed by atoms with Gasteiger partial charge in [0.15, 0.2) is 6.39 Å². The molecule has 6 nitrogen and oxygen atoms in total. The lowest BCUT2D eigenvalue weighted by Crippen LogP contribution is -2.22. The Labute approximate surface area is 112 Å². The molecule has 0 aromatic carbocycles. The molecule has 2 aromatic rings. The molecule has 19 heavy (non-hydrogen) atoms. The fourth-order valence-corrected chi connectivity index (χ4v) is 1.02. The number of nitrogens with zero attached hydrogens (tertiary/aromatic N) is 2. The zero-order chi connectivity index (χ0) is 14.3. The molecule has 0 unspecified atom stereocenters. The third-order valence-corrected chi connectivity index (χ3v) is 1.56. The van der Waals surface area contributed by atoms with Crippen LogP contribution in [0.4, 0.5) is 0 Å². The van der Waals surface area contributed by atoms with Crippen molar-refractivity contribution in [3.63, 3.8) is 0 Å². The lowest BCUT2D eigenvalue weighted by Gasteiger charge is -2.16. The molecule has 2 heterocycles. The van der Waals surface area contributed by atoms with Crippen molar-refractivity contribution in [1.82, 2.24) is 9.97 Å². The summed E-state index contributed by atoms with van der Waals surface area (Å²) in [7, 11) is 0. The Balaban J connectivity index is 0.000000191. The highest BCUT2D eigenvalue weighted by Crippen LogP contribution is 2.13. The van der Waals surface area contributed by atoms with E-state index >= 15 is 0 Å². The Morgan fingerprint density at radius 1 is 1.21 bits per heavy atom. The molecular weight excluding hydrogens is 248 g/mol. The first-order valence-electron chi connectivity index (χ1n) is 6.00. The lowest BCUT2D eigenvalue weighted by atomic mass is 10.2. The fourth-order valence-electron chi connectivity index (χ4n) is 1.02. The second kappa shape index (κ2) is 6.82. The Hall–Kier alpha value is -1.98. The topological polar surface area (TPSA) is 70.5 Å². The van der Waals surface area contributed by atoms with Gasteiger partial charge in [0.25, 0.3) is 0 Å². The van der Waals surface area contributed by atoms with Crippen molar-refractivity contribution in [3.8, 4) is 12.0 Å². The zero-order valence-corrected chi connectivity index (χ0v) is 11.9. The smallest absolute Gasteiger partial charge is 0.393 e. The van der Waals surface area contributed by atoms with Gasteiger partial charge in [-0.3, -0.25) is 0 Å². The van der Waals surface area contributed by atoms with Crippen LogP contribution in [0.15, 0.2) is 33.9 Å². The molecule has 6 heteroatoms. The molecule has 0 saturated carbocycles. The highest BCUT2D eigenvalue weighted by molar-refractivity contribution is 4.94. The van der Waals surface area contributed by atoms with Crippen LogP contribution >= 0.6 is 0 Å². The number of rotatable bonds is 3. The summed E-state index contributed by atoms with van der Waals surface area (Å²) in [5, 5.41) is 0. The van der Waals surface area contributed by atoms with Crippen molar-refractivity contribution in [2.75, 3.05) is 0 Å². The largest absolute Gasteiger partial charge is 0.461 e. The number of hydrogen-bond donors (Lipinski definition) is 0. The average molecular weight is 268 g/mol. The molecule has 0 amide bonds. The van der Waals surface area contributed by atoms with E-state index in [1.165, 1.54) is 12.7 Å². The minimum atomic E-state index is -0.231. The fraction of sp³-hybridized carbons (Fsp3) is 0.538. The Morgan fingerprint density at radius 3 is 2.37 bits per heavy atom. The minimum absolute atomic E-state index is 0.151. The van der Waals surface area contributed by atoms with Crippen LogP contribution in [0.2, 0.25) is 0 Å². The first-order chi connectivity index (χ1) is 8.87. The van der Waals surface area contributed by atoms with Crippen LogP contribution in [0.3, 0.4) is 0 Å². The van der Waals surface area contributed by atoms with E-state index in [0.29, 0.717) is 12.0 Å². The van der Waals surface area contributed by atoms with E-state index in [1.54, 1.807) is 12.4 Å². The van der Waals surface area contributed by atoms with Gasteiger partial charge in [-0.25, -0.2) is 4.98 Å². The van der Waals surface area contributed by atoms with Gasteiger partial charge in [-0.1, -0.05) is 0 Å². The molecule has 0 atom stereocenters. The summed E-state index contributed by atoms with van der Waals surface area (Å²) in [5.74, 6) is 0.477. The summed E-state index contributed by atoms with van der Waals surface area (Å²) in [6.07, 6.45) is 6.41. The molecule has 2 rings (SSSR count). The van der Waals surface area contributed by atoms with E-state index < -0.39 is 0 Å². The second-order valence-electron chi connectivity index (χ2n) is 5.00. The maximum atomic E-state index is 5.26. The van der Waals surface area contributed by atoms with Gasteiger partial charge in [-0.05, 0) is 34.6 Å². The van der Waals surface area contributed by atoms with Gasteiger partial charge >= 0.3 is 12.0 Å². The van der Waals surface area contributed by atoms with Crippen LogP contribution in [-0.2, 0) is 0 Å². The second-order valence-corrected chi connectivity index (χ2v) is 5.00. The molecule has 0 radical (unpaired) electrons. The Bertz CT molecular complexity index is 430. The van der Waals surface area contributed by atoms with Crippen LogP contribution in [0.1, 0.15) is 34.6 Å². The highest BCUT2D eigenvalue weighted by atomic mass is 16.6. The third-order valence-electron chi connectivity index (χ3n) is 1.56. The summed E-state index contributed by atoms with van der Waals surface area (Å²) in [5.41, 5.74) is -0.231. The summed E-state index contributed by atoms with van der Waals surface area (Å²) in [4.78, 5) is 7.50. The van der Waals surface area contributed by atoms with E-state index in [-0.39, 0.29) is 11.7 Å². The van der Waals surface area contributed by atoms with Crippen molar-refractivity contribution in [1.29, 1.82) is 0 Å². The standard InChI is InChI=1S/C7H11NO2.C6H9NO2/c1-7(2,3)10-6-8-4-5-9-6;1-5(2)9-6-3-7-4-8-6/h4-5H,1-3H3;3-5H,1-2H3. The molecule has 0 aliphatic heterocycles. The predicted octanol–water partition coefficient (Wildman–Crippen LogP) is 3.31. The van der Waals surface area contributed by atoms with Crippen LogP contribution in [0.5, 0.6) is 12.0 Å². The predicted molar refractivity (Wildman–Crippen MR) is 69.2 cm³/mol. The van der Waals surface area contributed by atoms with Crippen molar-refractivity contribution < 1.29 is 18.3 Å². The monoisotopic (exact) mass is 268 g/mol.